The zero-order valence-corrected chi connectivity index (χ0v) is 12.9. The van der Waals surface area contributed by atoms with Gasteiger partial charge in [-0.25, -0.2) is 0 Å². The van der Waals surface area contributed by atoms with Crippen molar-refractivity contribution in [2.24, 2.45) is 11.8 Å². The van der Waals surface area contributed by atoms with Crippen LogP contribution in [0.5, 0.6) is 0 Å². The Morgan fingerprint density at radius 1 is 1.29 bits per heavy atom. The summed E-state index contributed by atoms with van der Waals surface area (Å²) in [5.41, 5.74) is 0. The van der Waals surface area contributed by atoms with Crippen LogP contribution in [0.15, 0.2) is 0 Å². The molecule has 2 rings (SSSR count). The van der Waals surface area contributed by atoms with Crippen LogP contribution >= 0.6 is 0 Å². The predicted octanol–water partition coefficient (Wildman–Crippen LogP) is 1.51. The van der Waals surface area contributed by atoms with E-state index in [1.807, 2.05) is 6.92 Å². The molecule has 1 heterocycles. The van der Waals surface area contributed by atoms with Crippen molar-refractivity contribution in [3.05, 3.63) is 0 Å². The third-order valence-corrected chi connectivity index (χ3v) is 4.72. The molecule has 2 aliphatic rings. The number of ketones is 1. The molecule has 0 bridgehead atoms. The second kappa shape index (κ2) is 7.57. The predicted molar refractivity (Wildman–Crippen MR) is 79.6 cm³/mol. The molecule has 2 fully saturated rings. The number of rotatable bonds is 5. The molecule has 0 aromatic carbocycles. The molecule has 1 aliphatic heterocycles. The van der Waals surface area contributed by atoms with E-state index in [1.165, 1.54) is 25.7 Å². The largest absolute Gasteiger partial charge is 0.347 e. The standard InChI is InChI=1S/C16H26N2O3/c1-12-11-18(9-8-14(12)19)16(21)10-17-15(20)7-6-13-4-2-3-5-13/h12-13H,2-11H2,1H3,(H,17,20). The number of nitrogens with zero attached hydrogens (tertiary/aromatic N) is 1. The summed E-state index contributed by atoms with van der Waals surface area (Å²) in [6.45, 7) is 2.88. The zero-order chi connectivity index (χ0) is 15.2. The van der Waals surface area contributed by atoms with Gasteiger partial charge in [-0.05, 0) is 12.3 Å². The molecule has 118 valence electrons. The molecular weight excluding hydrogens is 268 g/mol. The maximum absolute atomic E-state index is 12.0. The summed E-state index contributed by atoms with van der Waals surface area (Å²) < 4.78 is 0. The van der Waals surface area contributed by atoms with Gasteiger partial charge in [-0.2, -0.15) is 0 Å². The first-order valence-electron chi connectivity index (χ1n) is 8.13. The minimum Gasteiger partial charge on any atom is -0.347 e. The molecule has 0 spiro atoms. The number of amides is 2. The summed E-state index contributed by atoms with van der Waals surface area (Å²) in [5.74, 6) is 0.723. The molecule has 1 atom stereocenters. The summed E-state index contributed by atoms with van der Waals surface area (Å²) >= 11 is 0. The number of hydrogen-bond acceptors (Lipinski definition) is 3. The van der Waals surface area contributed by atoms with E-state index >= 15 is 0 Å². The normalized spacial score (nSPS) is 23.4. The second-order valence-corrected chi connectivity index (χ2v) is 6.42. The van der Waals surface area contributed by atoms with Crippen molar-refractivity contribution in [3.8, 4) is 0 Å². The molecule has 5 nitrogen and oxygen atoms in total. The number of Topliss-reactive ketones (excluding diaryl/α,β-unsaturated/α-hetero) is 1. The van der Waals surface area contributed by atoms with E-state index in [9.17, 15) is 14.4 Å². The second-order valence-electron chi connectivity index (χ2n) is 6.42. The average Bonchev–Trinajstić information content (AvgIpc) is 2.98. The lowest BCUT2D eigenvalue weighted by Gasteiger charge is -2.30. The first-order valence-corrected chi connectivity index (χ1v) is 8.13. The molecule has 1 saturated carbocycles. The van der Waals surface area contributed by atoms with Gasteiger partial charge in [-0.15, -0.1) is 0 Å². The molecule has 2 amide bonds. The Labute approximate surface area is 126 Å². The van der Waals surface area contributed by atoms with Crippen LogP contribution in [0.1, 0.15) is 51.9 Å². The fourth-order valence-corrected chi connectivity index (χ4v) is 3.25. The van der Waals surface area contributed by atoms with Gasteiger partial charge in [0.05, 0.1) is 6.54 Å². The molecule has 0 aromatic rings. The Balaban J connectivity index is 1.63. The summed E-state index contributed by atoms with van der Waals surface area (Å²) in [4.78, 5) is 36.9. The summed E-state index contributed by atoms with van der Waals surface area (Å²) in [6.07, 6.45) is 6.95. The first-order chi connectivity index (χ1) is 10.1. The lowest BCUT2D eigenvalue weighted by atomic mass is 9.98. The topological polar surface area (TPSA) is 66.5 Å². The third-order valence-electron chi connectivity index (χ3n) is 4.72. The van der Waals surface area contributed by atoms with Crippen molar-refractivity contribution in [1.29, 1.82) is 0 Å². The van der Waals surface area contributed by atoms with Gasteiger partial charge >= 0.3 is 0 Å². The average molecular weight is 294 g/mol. The van der Waals surface area contributed by atoms with Gasteiger partial charge in [0.1, 0.15) is 5.78 Å². The molecule has 5 heteroatoms. The van der Waals surface area contributed by atoms with Crippen molar-refractivity contribution in [2.45, 2.75) is 51.9 Å². The van der Waals surface area contributed by atoms with E-state index in [0.717, 1.165) is 6.42 Å². The third kappa shape index (κ3) is 4.83. The Hall–Kier alpha value is -1.39. The number of carbonyl (C=O) groups is 3. The molecule has 1 saturated heterocycles. The number of hydrogen-bond donors (Lipinski definition) is 1. The number of carbonyl (C=O) groups excluding carboxylic acids is 3. The van der Waals surface area contributed by atoms with E-state index < -0.39 is 0 Å². The van der Waals surface area contributed by atoms with Crippen LogP contribution in [0, 0.1) is 11.8 Å². The Bertz CT molecular complexity index is 402. The van der Waals surface area contributed by atoms with Gasteiger partial charge in [-0.3, -0.25) is 14.4 Å². The van der Waals surface area contributed by atoms with Crippen LogP contribution in [-0.2, 0) is 14.4 Å². The summed E-state index contributed by atoms with van der Waals surface area (Å²) in [6, 6.07) is 0. The van der Waals surface area contributed by atoms with Gasteiger partial charge in [0.25, 0.3) is 0 Å². The number of likely N-dealkylation sites (tertiary alicyclic amines) is 1. The van der Waals surface area contributed by atoms with E-state index in [1.54, 1.807) is 4.90 Å². The van der Waals surface area contributed by atoms with Crippen molar-refractivity contribution in [3.63, 3.8) is 0 Å². The van der Waals surface area contributed by atoms with Gasteiger partial charge < -0.3 is 10.2 Å². The number of nitrogens with one attached hydrogen (secondary N) is 1. The quantitative estimate of drug-likeness (QED) is 0.836. The van der Waals surface area contributed by atoms with Gasteiger partial charge in [0, 0.05) is 31.8 Å². The lowest BCUT2D eigenvalue weighted by Crippen LogP contribution is -2.47. The first kappa shape index (κ1) is 16.0. The monoisotopic (exact) mass is 294 g/mol. The molecule has 1 unspecified atom stereocenters. The minimum absolute atomic E-state index is 0.0311. The fraction of sp³-hybridized carbons (Fsp3) is 0.812. The van der Waals surface area contributed by atoms with Crippen LogP contribution in [0.2, 0.25) is 0 Å². The molecular formula is C16H26N2O3. The van der Waals surface area contributed by atoms with Crippen molar-refractivity contribution >= 4 is 17.6 Å². The summed E-state index contributed by atoms with van der Waals surface area (Å²) in [5, 5.41) is 2.71. The minimum atomic E-state index is -0.0826. The van der Waals surface area contributed by atoms with Gasteiger partial charge in [0.15, 0.2) is 0 Å². The van der Waals surface area contributed by atoms with E-state index in [0.29, 0.717) is 31.8 Å². The van der Waals surface area contributed by atoms with Gasteiger partial charge in [0.2, 0.25) is 11.8 Å². The van der Waals surface area contributed by atoms with Crippen LogP contribution in [0.4, 0.5) is 0 Å². The van der Waals surface area contributed by atoms with Gasteiger partial charge in [-0.1, -0.05) is 32.6 Å². The highest BCUT2D eigenvalue weighted by molar-refractivity contribution is 5.87. The highest BCUT2D eigenvalue weighted by Gasteiger charge is 2.26. The Morgan fingerprint density at radius 2 is 2.00 bits per heavy atom. The van der Waals surface area contributed by atoms with Crippen LogP contribution < -0.4 is 5.32 Å². The summed E-state index contributed by atoms with van der Waals surface area (Å²) in [7, 11) is 0. The van der Waals surface area contributed by atoms with Crippen molar-refractivity contribution in [1.82, 2.24) is 10.2 Å². The molecule has 1 aliphatic carbocycles. The molecule has 0 aromatic heterocycles. The molecule has 21 heavy (non-hydrogen) atoms. The highest BCUT2D eigenvalue weighted by Crippen LogP contribution is 2.28. The Kier molecular flexibility index (Phi) is 5.76. The smallest absolute Gasteiger partial charge is 0.241 e. The van der Waals surface area contributed by atoms with Crippen molar-refractivity contribution in [2.75, 3.05) is 19.6 Å². The van der Waals surface area contributed by atoms with Crippen molar-refractivity contribution < 1.29 is 14.4 Å². The van der Waals surface area contributed by atoms with Crippen LogP contribution in [-0.4, -0.2) is 42.1 Å². The molecule has 1 N–H and O–H groups in total. The van der Waals surface area contributed by atoms with E-state index in [4.69, 9.17) is 0 Å². The maximum Gasteiger partial charge on any atom is 0.241 e. The van der Waals surface area contributed by atoms with E-state index in [-0.39, 0.29) is 30.1 Å². The maximum atomic E-state index is 12.0. The SMILES string of the molecule is CC1CN(C(=O)CNC(=O)CCC2CCCC2)CCC1=O. The van der Waals surface area contributed by atoms with E-state index in [2.05, 4.69) is 5.32 Å². The number of piperidine rings is 1. The zero-order valence-electron chi connectivity index (χ0n) is 12.9. The van der Waals surface area contributed by atoms with Crippen LogP contribution in [0.25, 0.3) is 0 Å². The fourth-order valence-electron chi connectivity index (χ4n) is 3.25. The highest BCUT2D eigenvalue weighted by atomic mass is 16.2. The molecule has 0 radical (unpaired) electrons. The lowest BCUT2D eigenvalue weighted by molar-refractivity contribution is -0.137. The Morgan fingerprint density at radius 3 is 2.67 bits per heavy atom. The van der Waals surface area contributed by atoms with Crippen LogP contribution in [0.3, 0.4) is 0 Å².